The van der Waals surface area contributed by atoms with Crippen molar-refractivity contribution < 1.29 is 14.4 Å². The number of amides is 1. The number of aliphatic hydroxyl groups is 1. The maximum absolute atomic E-state index is 12.3. The highest BCUT2D eigenvalue weighted by Crippen LogP contribution is 2.24. The minimum atomic E-state index is -0.444. The average Bonchev–Trinajstić information content (AvgIpc) is 2.74. The first-order valence-electron chi connectivity index (χ1n) is 6.95. The molecule has 0 radical (unpaired) electrons. The molecule has 0 saturated heterocycles. The molecule has 0 aliphatic heterocycles. The topological polar surface area (TPSA) is 75.4 Å². The van der Waals surface area contributed by atoms with Crippen molar-refractivity contribution >= 4 is 5.91 Å². The largest absolute Gasteiger partial charge is 0.391 e. The predicted molar refractivity (Wildman–Crippen MR) is 71.1 cm³/mol. The number of nitrogens with zero attached hydrogens (tertiary/aromatic N) is 1. The van der Waals surface area contributed by atoms with Gasteiger partial charge in [0.15, 0.2) is 5.76 Å². The van der Waals surface area contributed by atoms with Gasteiger partial charge in [0.2, 0.25) is 0 Å². The Labute approximate surface area is 113 Å². The molecule has 1 amide bonds. The van der Waals surface area contributed by atoms with E-state index < -0.39 is 6.10 Å². The molecule has 0 bridgehead atoms. The molecule has 1 aromatic heterocycles. The van der Waals surface area contributed by atoms with Crippen LogP contribution in [0.2, 0.25) is 0 Å². The van der Waals surface area contributed by atoms with E-state index in [9.17, 15) is 9.90 Å². The lowest BCUT2D eigenvalue weighted by Gasteiger charge is -2.28. The fourth-order valence-corrected chi connectivity index (χ4v) is 2.58. The van der Waals surface area contributed by atoms with Gasteiger partial charge in [0, 0.05) is 5.92 Å². The van der Waals surface area contributed by atoms with Gasteiger partial charge in [-0.05, 0) is 19.8 Å². The van der Waals surface area contributed by atoms with Crippen molar-refractivity contribution in [3.05, 3.63) is 17.0 Å². The summed E-state index contributed by atoms with van der Waals surface area (Å²) in [7, 11) is 0. The number of rotatable bonds is 3. The molecule has 1 fully saturated rings. The first-order valence-corrected chi connectivity index (χ1v) is 6.95. The molecule has 1 aliphatic carbocycles. The SMILES string of the molecule is Cc1noc(C(C)C)c1C(=O)N[C@H]1CCCC[C@@H]1O. The van der Waals surface area contributed by atoms with Crippen LogP contribution in [-0.4, -0.2) is 28.3 Å². The molecule has 106 valence electrons. The van der Waals surface area contributed by atoms with Crippen molar-refractivity contribution in [3.63, 3.8) is 0 Å². The lowest BCUT2D eigenvalue weighted by molar-refractivity contribution is 0.0715. The van der Waals surface area contributed by atoms with Crippen LogP contribution in [-0.2, 0) is 0 Å². The van der Waals surface area contributed by atoms with Gasteiger partial charge in [0.05, 0.1) is 17.8 Å². The van der Waals surface area contributed by atoms with Gasteiger partial charge in [-0.1, -0.05) is 31.8 Å². The Morgan fingerprint density at radius 2 is 2.11 bits per heavy atom. The highest BCUT2D eigenvalue weighted by atomic mass is 16.5. The highest BCUT2D eigenvalue weighted by Gasteiger charge is 2.28. The average molecular weight is 266 g/mol. The van der Waals surface area contributed by atoms with E-state index in [1.165, 1.54) is 0 Å². The van der Waals surface area contributed by atoms with Crippen LogP contribution in [0, 0.1) is 6.92 Å². The molecule has 1 aromatic rings. The monoisotopic (exact) mass is 266 g/mol. The van der Waals surface area contributed by atoms with Crippen LogP contribution in [0.1, 0.15) is 67.3 Å². The van der Waals surface area contributed by atoms with Crippen molar-refractivity contribution in [3.8, 4) is 0 Å². The lowest BCUT2D eigenvalue weighted by atomic mass is 9.92. The number of nitrogens with one attached hydrogen (secondary N) is 1. The summed E-state index contributed by atoms with van der Waals surface area (Å²) in [5, 5.41) is 16.7. The number of aromatic nitrogens is 1. The summed E-state index contributed by atoms with van der Waals surface area (Å²) in [4.78, 5) is 12.3. The quantitative estimate of drug-likeness (QED) is 0.879. The minimum absolute atomic E-state index is 0.109. The van der Waals surface area contributed by atoms with Gasteiger partial charge in [-0.15, -0.1) is 0 Å². The number of carbonyl (C=O) groups is 1. The Bertz CT molecular complexity index is 454. The highest BCUT2D eigenvalue weighted by molar-refractivity contribution is 5.96. The predicted octanol–water partition coefficient (Wildman–Crippen LogP) is 2.14. The first-order chi connectivity index (χ1) is 9.00. The zero-order valence-electron chi connectivity index (χ0n) is 11.8. The molecule has 5 nitrogen and oxygen atoms in total. The Balaban J connectivity index is 2.13. The third-order valence-electron chi connectivity index (χ3n) is 3.69. The Morgan fingerprint density at radius 3 is 2.74 bits per heavy atom. The van der Waals surface area contributed by atoms with E-state index in [0.29, 0.717) is 17.0 Å². The van der Waals surface area contributed by atoms with E-state index >= 15 is 0 Å². The van der Waals surface area contributed by atoms with E-state index in [1.807, 2.05) is 13.8 Å². The van der Waals surface area contributed by atoms with E-state index in [4.69, 9.17) is 4.52 Å². The van der Waals surface area contributed by atoms with Crippen LogP contribution in [0.3, 0.4) is 0 Å². The Hall–Kier alpha value is -1.36. The van der Waals surface area contributed by atoms with E-state index in [0.717, 1.165) is 25.7 Å². The molecule has 0 unspecified atom stereocenters. The van der Waals surface area contributed by atoms with E-state index in [-0.39, 0.29) is 17.9 Å². The molecule has 5 heteroatoms. The van der Waals surface area contributed by atoms with Crippen LogP contribution in [0.15, 0.2) is 4.52 Å². The lowest BCUT2D eigenvalue weighted by Crippen LogP contribution is -2.45. The molecular formula is C14H22N2O3. The van der Waals surface area contributed by atoms with Gasteiger partial charge in [0.25, 0.3) is 5.91 Å². The zero-order chi connectivity index (χ0) is 14.0. The molecule has 0 aromatic carbocycles. The molecular weight excluding hydrogens is 244 g/mol. The summed E-state index contributed by atoms with van der Waals surface area (Å²) in [6.07, 6.45) is 3.21. The fourth-order valence-electron chi connectivity index (χ4n) is 2.58. The normalized spacial score (nSPS) is 23.6. The number of hydrogen-bond donors (Lipinski definition) is 2. The summed E-state index contributed by atoms with van der Waals surface area (Å²) in [5.41, 5.74) is 1.12. The molecule has 19 heavy (non-hydrogen) atoms. The Kier molecular flexibility index (Phi) is 4.24. The standard InChI is InChI=1S/C14H22N2O3/c1-8(2)13-12(9(3)16-19-13)14(18)15-10-6-4-5-7-11(10)17/h8,10-11,17H,4-7H2,1-3H3,(H,15,18)/t10-,11-/m0/s1. The molecule has 0 spiro atoms. The van der Waals surface area contributed by atoms with Gasteiger partial charge in [0.1, 0.15) is 5.56 Å². The minimum Gasteiger partial charge on any atom is -0.391 e. The smallest absolute Gasteiger partial charge is 0.257 e. The van der Waals surface area contributed by atoms with Gasteiger partial charge in [-0.25, -0.2) is 0 Å². The molecule has 1 heterocycles. The second-order valence-corrected chi connectivity index (χ2v) is 5.59. The third kappa shape index (κ3) is 2.97. The third-order valence-corrected chi connectivity index (χ3v) is 3.69. The first kappa shape index (κ1) is 14.1. The van der Waals surface area contributed by atoms with Crippen molar-refractivity contribution in [2.75, 3.05) is 0 Å². The van der Waals surface area contributed by atoms with Crippen molar-refractivity contribution in [2.45, 2.75) is 64.5 Å². The van der Waals surface area contributed by atoms with Crippen LogP contribution in [0.25, 0.3) is 0 Å². The maximum Gasteiger partial charge on any atom is 0.257 e. The second-order valence-electron chi connectivity index (χ2n) is 5.59. The van der Waals surface area contributed by atoms with Gasteiger partial charge >= 0.3 is 0 Å². The number of hydrogen-bond acceptors (Lipinski definition) is 4. The van der Waals surface area contributed by atoms with Crippen LogP contribution < -0.4 is 5.32 Å². The second kappa shape index (κ2) is 5.74. The zero-order valence-corrected chi connectivity index (χ0v) is 11.8. The van der Waals surface area contributed by atoms with Crippen molar-refractivity contribution in [2.24, 2.45) is 0 Å². The molecule has 2 rings (SSSR count). The van der Waals surface area contributed by atoms with Gasteiger partial charge < -0.3 is 14.9 Å². The molecule has 2 atom stereocenters. The van der Waals surface area contributed by atoms with Gasteiger partial charge in [-0.3, -0.25) is 4.79 Å². The number of carbonyl (C=O) groups excluding carboxylic acids is 1. The number of aliphatic hydroxyl groups excluding tert-OH is 1. The Morgan fingerprint density at radius 1 is 1.42 bits per heavy atom. The molecule has 2 N–H and O–H groups in total. The summed E-state index contributed by atoms with van der Waals surface area (Å²) < 4.78 is 5.22. The van der Waals surface area contributed by atoms with Crippen molar-refractivity contribution in [1.82, 2.24) is 10.5 Å². The summed E-state index contributed by atoms with van der Waals surface area (Å²) >= 11 is 0. The van der Waals surface area contributed by atoms with E-state index in [1.54, 1.807) is 6.92 Å². The summed E-state index contributed by atoms with van der Waals surface area (Å²) in [6, 6.07) is -0.157. The summed E-state index contributed by atoms with van der Waals surface area (Å²) in [5.74, 6) is 0.534. The maximum atomic E-state index is 12.3. The van der Waals surface area contributed by atoms with Crippen LogP contribution in [0.5, 0.6) is 0 Å². The van der Waals surface area contributed by atoms with Crippen molar-refractivity contribution in [1.29, 1.82) is 0 Å². The molecule has 1 saturated carbocycles. The summed E-state index contributed by atoms with van der Waals surface area (Å²) in [6.45, 7) is 5.69. The van der Waals surface area contributed by atoms with Crippen LogP contribution >= 0.6 is 0 Å². The number of aryl methyl sites for hydroxylation is 1. The fraction of sp³-hybridized carbons (Fsp3) is 0.714. The van der Waals surface area contributed by atoms with E-state index in [2.05, 4.69) is 10.5 Å². The van der Waals surface area contributed by atoms with Gasteiger partial charge in [-0.2, -0.15) is 0 Å². The van der Waals surface area contributed by atoms with Crippen LogP contribution in [0.4, 0.5) is 0 Å². The molecule has 1 aliphatic rings.